The molecule has 0 spiro atoms. The van der Waals surface area contributed by atoms with E-state index in [1.807, 2.05) is 4.90 Å². The van der Waals surface area contributed by atoms with E-state index in [1.165, 1.54) is 0 Å². The quantitative estimate of drug-likeness (QED) is 0.747. The fourth-order valence-corrected chi connectivity index (χ4v) is 3.07. The highest BCUT2D eigenvalue weighted by Gasteiger charge is 2.32. The Morgan fingerprint density at radius 2 is 2.15 bits per heavy atom. The Hall–Kier alpha value is -0.650. The van der Waals surface area contributed by atoms with Crippen molar-refractivity contribution in [1.29, 1.82) is 0 Å². The Morgan fingerprint density at radius 1 is 1.35 bits per heavy atom. The Labute approximate surface area is 122 Å². The Morgan fingerprint density at radius 3 is 2.80 bits per heavy atom. The van der Waals surface area contributed by atoms with Crippen molar-refractivity contribution < 1.29 is 9.53 Å². The number of carbonyl (C=O) groups is 1. The number of nitrogens with one attached hydrogen (secondary N) is 1. The predicted molar refractivity (Wildman–Crippen MR) is 79.7 cm³/mol. The van der Waals surface area contributed by atoms with Gasteiger partial charge in [-0.25, -0.2) is 0 Å². The minimum Gasteiger partial charge on any atom is -0.375 e. The van der Waals surface area contributed by atoms with E-state index >= 15 is 0 Å². The fraction of sp³-hybridized carbons (Fsp3) is 0.933. The maximum atomic E-state index is 12.3. The fourth-order valence-electron chi connectivity index (χ4n) is 3.07. The minimum atomic E-state index is 0.0597. The van der Waals surface area contributed by atoms with Crippen LogP contribution in [0.1, 0.15) is 33.1 Å². The highest BCUT2D eigenvalue weighted by molar-refractivity contribution is 5.82. The normalized spacial score (nSPS) is 26.6. The van der Waals surface area contributed by atoms with Crippen LogP contribution in [0.4, 0.5) is 0 Å². The van der Waals surface area contributed by atoms with Gasteiger partial charge in [-0.1, -0.05) is 13.8 Å². The molecule has 1 amide bonds. The summed E-state index contributed by atoms with van der Waals surface area (Å²) in [4.78, 5) is 16.6. The number of carbonyl (C=O) groups excluding carboxylic acids is 1. The summed E-state index contributed by atoms with van der Waals surface area (Å²) in [6, 6.07) is 0.0597. The van der Waals surface area contributed by atoms with Crippen molar-refractivity contribution in [3.8, 4) is 0 Å². The van der Waals surface area contributed by atoms with Gasteiger partial charge in [0.2, 0.25) is 5.91 Å². The molecule has 2 atom stereocenters. The lowest BCUT2D eigenvalue weighted by molar-refractivity contribution is -0.132. The summed E-state index contributed by atoms with van der Waals surface area (Å²) in [5.41, 5.74) is 0. The number of likely N-dealkylation sites (tertiary alicyclic amines) is 1. The molecule has 20 heavy (non-hydrogen) atoms. The SMILES string of the molecule is CCN(CC)CCOC1CCN(C(=O)C2CCCN2)C1. The zero-order valence-corrected chi connectivity index (χ0v) is 12.9. The van der Waals surface area contributed by atoms with Gasteiger partial charge in [0.05, 0.1) is 18.8 Å². The van der Waals surface area contributed by atoms with Crippen molar-refractivity contribution in [2.75, 3.05) is 45.9 Å². The molecule has 1 N–H and O–H groups in total. The van der Waals surface area contributed by atoms with E-state index in [4.69, 9.17) is 4.74 Å². The molecular formula is C15H29N3O2. The largest absolute Gasteiger partial charge is 0.375 e. The molecule has 2 rings (SSSR count). The second kappa shape index (κ2) is 7.96. The number of ether oxygens (including phenoxy) is 1. The topological polar surface area (TPSA) is 44.8 Å². The molecule has 2 saturated heterocycles. The molecule has 0 aliphatic carbocycles. The first-order valence-corrected chi connectivity index (χ1v) is 8.10. The van der Waals surface area contributed by atoms with Gasteiger partial charge in [0.1, 0.15) is 0 Å². The third-order valence-corrected chi connectivity index (χ3v) is 4.47. The Balaban J connectivity index is 1.65. The minimum absolute atomic E-state index is 0.0597. The van der Waals surface area contributed by atoms with Crippen LogP contribution in [0, 0.1) is 0 Å². The first kappa shape index (κ1) is 15.7. The van der Waals surface area contributed by atoms with E-state index < -0.39 is 0 Å². The number of likely N-dealkylation sites (N-methyl/N-ethyl adjacent to an activating group) is 1. The molecule has 0 saturated carbocycles. The van der Waals surface area contributed by atoms with E-state index in [-0.39, 0.29) is 18.1 Å². The Kier molecular flexibility index (Phi) is 6.26. The van der Waals surface area contributed by atoms with Crippen molar-refractivity contribution in [3.63, 3.8) is 0 Å². The van der Waals surface area contributed by atoms with E-state index in [9.17, 15) is 4.79 Å². The second-order valence-corrected chi connectivity index (χ2v) is 5.74. The average Bonchev–Trinajstić information content (AvgIpc) is 3.14. The van der Waals surface area contributed by atoms with Crippen LogP contribution in [0.2, 0.25) is 0 Å². The molecule has 2 aliphatic rings. The summed E-state index contributed by atoms with van der Waals surface area (Å²) in [6.45, 7) is 10.9. The van der Waals surface area contributed by atoms with Crippen LogP contribution < -0.4 is 5.32 Å². The van der Waals surface area contributed by atoms with Crippen molar-refractivity contribution >= 4 is 5.91 Å². The maximum Gasteiger partial charge on any atom is 0.239 e. The molecule has 0 bridgehead atoms. The predicted octanol–water partition coefficient (Wildman–Crippen LogP) is 0.698. The van der Waals surface area contributed by atoms with Crippen LogP contribution in [0.15, 0.2) is 0 Å². The number of hydrogen-bond acceptors (Lipinski definition) is 4. The monoisotopic (exact) mass is 283 g/mol. The number of nitrogens with zero attached hydrogens (tertiary/aromatic N) is 2. The maximum absolute atomic E-state index is 12.3. The lowest BCUT2D eigenvalue weighted by Gasteiger charge is -2.21. The molecular weight excluding hydrogens is 254 g/mol. The molecule has 5 nitrogen and oxygen atoms in total. The molecule has 2 heterocycles. The molecule has 0 aromatic heterocycles. The van der Waals surface area contributed by atoms with Gasteiger partial charge in [0.25, 0.3) is 0 Å². The van der Waals surface area contributed by atoms with E-state index in [0.717, 1.165) is 65.1 Å². The number of hydrogen-bond donors (Lipinski definition) is 1. The van der Waals surface area contributed by atoms with Gasteiger partial charge < -0.3 is 19.9 Å². The van der Waals surface area contributed by atoms with Gasteiger partial charge >= 0.3 is 0 Å². The summed E-state index contributed by atoms with van der Waals surface area (Å²) in [5.74, 6) is 0.275. The molecule has 5 heteroatoms. The standard InChI is InChI=1S/C15H29N3O2/c1-3-17(4-2)10-11-20-13-7-9-18(12-13)15(19)14-6-5-8-16-14/h13-14,16H,3-12H2,1-2H3. The van der Waals surface area contributed by atoms with Gasteiger partial charge in [-0.3, -0.25) is 4.79 Å². The Bertz CT molecular complexity index is 301. The molecule has 116 valence electrons. The second-order valence-electron chi connectivity index (χ2n) is 5.74. The third-order valence-electron chi connectivity index (χ3n) is 4.47. The molecule has 2 fully saturated rings. The number of rotatable bonds is 7. The highest BCUT2D eigenvalue weighted by atomic mass is 16.5. The average molecular weight is 283 g/mol. The van der Waals surface area contributed by atoms with Gasteiger partial charge in [0, 0.05) is 19.6 Å². The summed E-state index contributed by atoms with van der Waals surface area (Å²) in [7, 11) is 0. The third kappa shape index (κ3) is 4.17. The zero-order valence-electron chi connectivity index (χ0n) is 12.9. The van der Waals surface area contributed by atoms with E-state index in [2.05, 4.69) is 24.1 Å². The molecule has 0 aromatic rings. The van der Waals surface area contributed by atoms with Gasteiger partial charge in [0.15, 0.2) is 0 Å². The summed E-state index contributed by atoms with van der Waals surface area (Å²) in [6.07, 6.45) is 3.32. The van der Waals surface area contributed by atoms with Crippen LogP contribution in [-0.2, 0) is 9.53 Å². The van der Waals surface area contributed by atoms with E-state index in [1.54, 1.807) is 0 Å². The van der Waals surface area contributed by atoms with Gasteiger partial charge in [-0.2, -0.15) is 0 Å². The van der Waals surface area contributed by atoms with Gasteiger partial charge in [-0.05, 0) is 38.9 Å². The van der Waals surface area contributed by atoms with Crippen LogP contribution in [0.3, 0.4) is 0 Å². The van der Waals surface area contributed by atoms with Crippen LogP contribution in [0.25, 0.3) is 0 Å². The van der Waals surface area contributed by atoms with Crippen molar-refractivity contribution in [2.45, 2.75) is 45.3 Å². The number of amides is 1. The summed E-state index contributed by atoms with van der Waals surface area (Å²) >= 11 is 0. The molecule has 0 aromatic carbocycles. The van der Waals surface area contributed by atoms with Crippen molar-refractivity contribution in [3.05, 3.63) is 0 Å². The molecule has 2 unspecified atom stereocenters. The first-order chi connectivity index (χ1) is 9.74. The lowest BCUT2D eigenvalue weighted by Crippen LogP contribution is -2.43. The van der Waals surface area contributed by atoms with Crippen LogP contribution in [-0.4, -0.2) is 73.7 Å². The molecule has 0 radical (unpaired) electrons. The van der Waals surface area contributed by atoms with Gasteiger partial charge in [-0.15, -0.1) is 0 Å². The summed E-state index contributed by atoms with van der Waals surface area (Å²) in [5, 5.41) is 3.28. The van der Waals surface area contributed by atoms with E-state index in [0.29, 0.717) is 0 Å². The van der Waals surface area contributed by atoms with Crippen molar-refractivity contribution in [2.24, 2.45) is 0 Å². The summed E-state index contributed by atoms with van der Waals surface area (Å²) < 4.78 is 5.92. The lowest BCUT2D eigenvalue weighted by atomic mass is 10.2. The first-order valence-electron chi connectivity index (χ1n) is 8.10. The smallest absolute Gasteiger partial charge is 0.239 e. The highest BCUT2D eigenvalue weighted by Crippen LogP contribution is 2.16. The van der Waals surface area contributed by atoms with Crippen LogP contribution >= 0.6 is 0 Å². The molecule has 2 aliphatic heterocycles. The van der Waals surface area contributed by atoms with Crippen LogP contribution in [0.5, 0.6) is 0 Å². The van der Waals surface area contributed by atoms with Crippen molar-refractivity contribution in [1.82, 2.24) is 15.1 Å². The zero-order chi connectivity index (χ0) is 14.4.